The fourth-order valence-corrected chi connectivity index (χ4v) is 13.2. The fraction of sp³-hybridized carbons (Fsp3) is 0.194. The van der Waals surface area contributed by atoms with Crippen molar-refractivity contribution in [1.82, 2.24) is 48.9 Å². The third kappa shape index (κ3) is 31.3. The number of amides is 5. The standard InChI is InChI=1S/C13H13BrClFN3O5P.C13H14ClFN3O5P.C12H11BrClFN3O5P.C12H11Cl2FN3O5P.C12H12ClFN3O5P/c1-6-3-4-9(8(16)5-6)17-13(20)11-10(14)12(15)18-19(11)7(2)24-25(21,22)23;1-7-3-4-10(9(14)5-7)16-13(19)11-6-12(15)17-18(11)8(2)23-24(20,21)22;1-6-2-3-8(7(15)4-6)16-12(19)10-9(13)11(14)17-18(10)5-23-24(20,21)22;1-6-2-3-8(7(13)4-6)16-12(19)10-9(15)11(14)17-18(10)5-23-24(20,21)22;1-7-2-3-9(8(13)4-7)15-12(18)10-5-11(14)16-17(10)6-22-23(19,20)21/h3-5,7H,1-2H3,(H,17,20)(H2,21,22,23);3-6,8H,1-2H3,(H,16,19)(H2,20,21,22);2*2-4H,5H2,1H3,(H,16,19)(H2,20,21,22);2-5H,6H2,1H3,(H,15,18)(H2,19,20,21). The molecule has 2 atom stereocenters. The molecule has 5 aromatic carbocycles. The van der Waals surface area contributed by atoms with Gasteiger partial charge in [-0.3, -0.25) is 46.6 Å². The second kappa shape index (κ2) is 43.1. The number of nitrogens with zero attached hydrogens (tertiary/aromatic N) is 10. The SMILES string of the molecule is Cc1ccc(NC(=O)c2c(Br)c(Cl)nn2C(C)OP(=O)(O)O)c(F)c1.Cc1ccc(NC(=O)c2c(Br)c(Cl)nn2COP(=O)(O)O)c(F)c1.Cc1ccc(NC(=O)c2c(F)c(Cl)nn2COP(=O)(O)O)c(Cl)c1.Cc1ccc(NC(=O)c2cc(F)nn2C(C)OP(=O)(O)O)c(Cl)c1.Cc1ccc(NC(=O)c2cc(F)nn2COP(=O)(O)O)c(Cl)c1. The summed E-state index contributed by atoms with van der Waals surface area (Å²) < 4.78 is 148. The Kier molecular flexibility index (Phi) is 36.4. The van der Waals surface area contributed by atoms with Crippen LogP contribution < -0.4 is 26.6 Å². The number of hydrogen-bond acceptors (Lipinski definition) is 20. The van der Waals surface area contributed by atoms with Crippen LogP contribution in [0.4, 0.5) is 50.4 Å². The number of nitrogens with one attached hydrogen (secondary N) is 5. The van der Waals surface area contributed by atoms with Crippen LogP contribution in [-0.4, -0.2) is 127 Å². The highest BCUT2D eigenvalue weighted by molar-refractivity contribution is 9.11. The number of halogens is 13. The van der Waals surface area contributed by atoms with Gasteiger partial charge in [-0.15, -0.1) is 10.2 Å². The molecule has 0 fully saturated rings. The molecule has 0 aliphatic rings. The molecule has 0 spiro atoms. The molecule has 0 bridgehead atoms. The van der Waals surface area contributed by atoms with Crippen LogP contribution in [0.1, 0.15) is 107 Å². The topological polar surface area (TPSA) is 568 Å². The van der Waals surface area contributed by atoms with Crippen LogP contribution in [0.5, 0.6) is 0 Å². The van der Waals surface area contributed by atoms with Gasteiger partial charge in [-0.05, 0) is 169 Å². The molecule has 650 valence electrons. The molecule has 2 unspecified atom stereocenters. The highest BCUT2D eigenvalue weighted by Gasteiger charge is 2.32. The molecule has 0 aliphatic heterocycles. The first-order valence-electron chi connectivity index (χ1n) is 32.1. The third-order valence-electron chi connectivity index (χ3n) is 14.3. The summed E-state index contributed by atoms with van der Waals surface area (Å²) in [6, 6.07) is 24.7. The van der Waals surface area contributed by atoms with Crippen molar-refractivity contribution < 1.29 is 140 Å². The molecule has 0 saturated heterocycles. The first kappa shape index (κ1) is 101. The van der Waals surface area contributed by atoms with Gasteiger partial charge in [-0.1, -0.05) is 99.9 Å². The van der Waals surface area contributed by atoms with Gasteiger partial charge in [-0.2, -0.15) is 24.1 Å². The van der Waals surface area contributed by atoms with Crippen molar-refractivity contribution >= 4 is 199 Å². The quantitative estimate of drug-likeness (QED) is 0.0187. The summed E-state index contributed by atoms with van der Waals surface area (Å²) in [5.74, 6) is -8.52. The van der Waals surface area contributed by atoms with Crippen LogP contribution in [0.3, 0.4) is 0 Å². The highest BCUT2D eigenvalue weighted by atomic mass is 79.9. The van der Waals surface area contributed by atoms with Gasteiger partial charge in [0.1, 0.15) is 34.4 Å². The molecule has 0 aliphatic carbocycles. The van der Waals surface area contributed by atoms with Crippen molar-refractivity contribution in [3.8, 4) is 0 Å². The number of aromatic nitrogens is 10. The van der Waals surface area contributed by atoms with Crippen molar-refractivity contribution in [2.75, 3.05) is 26.6 Å². The number of benzene rings is 5. The van der Waals surface area contributed by atoms with E-state index < -0.39 is 141 Å². The average Bonchev–Trinajstić information content (AvgIpc) is 1.74. The van der Waals surface area contributed by atoms with Crippen LogP contribution in [0.15, 0.2) is 112 Å². The highest BCUT2D eigenvalue weighted by Crippen LogP contribution is 2.44. The van der Waals surface area contributed by atoms with Crippen LogP contribution in [0.2, 0.25) is 30.5 Å². The Labute approximate surface area is 718 Å². The van der Waals surface area contributed by atoms with Crippen LogP contribution >= 0.6 is 141 Å². The van der Waals surface area contributed by atoms with Gasteiger partial charge in [0.15, 0.2) is 59.6 Å². The number of aryl methyl sites for hydroxylation is 5. The van der Waals surface area contributed by atoms with Crippen molar-refractivity contribution in [2.45, 2.75) is 81.1 Å². The van der Waals surface area contributed by atoms with Gasteiger partial charge in [0.05, 0.1) is 52.5 Å². The van der Waals surface area contributed by atoms with Gasteiger partial charge in [0.25, 0.3) is 29.5 Å². The van der Waals surface area contributed by atoms with Gasteiger partial charge >= 0.3 is 39.1 Å². The molecular formula is C62H61Br2Cl6F5N15O25P5. The number of anilines is 5. The molecule has 5 aromatic heterocycles. The number of phosphoric ester groups is 5. The first-order chi connectivity index (χ1) is 55.4. The lowest BCUT2D eigenvalue weighted by molar-refractivity contribution is 0.0793. The van der Waals surface area contributed by atoms with Gasteiger partial charge < -0.3 is 75.5 Å². The van der Waals surface area contributed by atoms with Crippen molar-refractivity contribution in [1.29, 1.82) is 0 Å². The van der Waals surface area contributed by atoms with Crippen LogP contribution in [0.25, 0.3) is 0 Å². The van der Waals surface area contributed by atoms with E-state index in [2.05, 4.69) is 107 Å². The van der Waals surface area contributed by atoms with Crippen molar-refractivity contribution in [2.24, 2.45) is 0 Å². The largest absolute Gasteiger partial charge is 0.471 e. The lowest BCUT2D eigenvalue weighted by Gasteiger charge is -2.16. The summed E-state index contributed by atoms with van der Waals surface area (Å²) in [4.78, 5) is 149. The second-order valence-electron chi connectivity index (χ2n) is 23.8. The average molecular weight is 2040 g/mol. The fourth-order valence-electron chi connectivity index (χ4n) is 9.18. The summed E-state index contributed by atoms with van der Waals surface area (Å²) in [5.41, 5.74) is 3.03. The molecule has 15 N–H and O–H groups in total. The predicted octanol–water partition coefficient (Wildman–Crippen LogP) is 14.8. The number of carbonyl (C=O) groups excluding carboxylic acids is 5. The minimum atomic E-state index is -4.85. The Morgan fingerprint density at radius 1 is 0.383 bits per heavy atom. The molecule has 10 rings (SSSR count). The van der Waals surface area contributed by atoms with E-state index in [9.17, 15) is 68.8 Å². The molecule has 10 aromatic rings. The predicted molar refractivity (Wildman–Crippen MR) is 427 cm³/mol. The van der Waals surface area contributed by atoms with Gasteiger partial charge in [0, 0.05) is 12.1 Å². The minimum Gasteiger partial charge on any atom is -0.319 e. The number of phosphoric acid groups is 5. The molecule has 0 radical (unpaired) electrons. The Balaban J connectivity index is 0.000000233. The van der Waals surface area contributed by atoms with E-state index in [-0.39, 0.29) is 74.2 Å². The molecule has 5 amide bonds. The number of hydrogen-bond donors (Lipinski definition) is 15. The van der Waals surface area contributed by atoms with Crippen molar-refractivity contribution in [3.63, 3.8) is 0 Å². The lowest BCUT2D eigenvalue weighted by atomic mass is 10.2. The summed E-state index contributed by atoms with van der Waals surface area (Å²) in [6.45, 7) is 8.90. The maximum absolute atomic E-state index is 14.0. The monoisotopic (exact) mass is 2030 g/mol. The zero-order chi connectivity index (χ0) is 90.3. The summed E-state index contributed by atoms with van der Waals surface area (Å²) in [6.07, 6.45) is -2.68. The van der Waals surface area contributed by atoms with E-state index in [1.807, 2.05) is 13.8 Å². The zero-order valence-electron chi connectivity index (χ0n) is 61.3. The van der Waals surface area contributed by atoms with Crippen LogP contribution in [-0.2, 0) is 65.6 Å². The van der Waals surface area contributed by atoms with E-state index in [4.69, 9.17) is 119 Å². The zero-order valence-corrected chi connectivity index (χ0v) is 73.5. The van der Waals surface area contributed by atoms with E-state index in [0.29, 0.717) is 31.9 Å². The Morgan fingerprint density at radius 2 is 0.692 bits per heavy atom. The lowest BCUT2D eigenvalue weighted by Crippen LogP contribution is -2.22. The molecule has 0 saturated carbocycles. The van der Waals surface area contributed by atoms with E-state index >= 15 is 0 Å². The number of rotatable bonds is 25. The normalized spacial score (nSPS) is 12.1. The van der Waals surface area contributed by atoms with Crippen molar-refractivity contribution in [3.05, 3.63) is 228 Å². The van der Waals surface area contributed by atoms with E-state index in [1.165, 1.54) is 44.2 Å². The molecule has 5 heterocycles. The molecular weight excluding hydrogens is 1980 g/mol. The first-order valence-corrected chi connectivity index (χ1v) is 43.6. The van der Waals surface area contributed by atoms with Gasteiger partial charge in [0.2, 0.25) is 11.9 Å². The minimum absolute atomic E-state index is 0.0698. The van der Waals surface area contributed by atoms with Crippen LogP contribution in [0, 0.1) is 64.0 Å². The Morgan fingerprint density at radius 3 is 1.09 bits per heavy atom. The number of carbonyl (C=O) groups is 5. The molecule has 40 nitrogen and oxygen atoms in total. The summed E-state index contributed by atoms with van der Waals surface area (Å²) >= 11 is 41.3. The van der Waals surface area contributed by atoms with Gasteiger partial charge in [-0.25, -0.2) is 59.4 Å². The second-order valence-corrected chi connectivity index (χ2v) is 33.8. The Bertz CT molecular complexity index is 5620. The third-order valence-corrected chi connectivity index (χ3v) is 20.5. The molecule has 120 heavy (non-hydrogen) atoms. The summed E-state index contributed by atoms with van der Waals surface area (Å²) in [7, 11) is -24.1. The maximum atomic E-state index is 14.0. The Hall–Kier alpha value is -7.60. The molecule has 58 heteroatoms. The maximum Gasteiger partial charge on any atom is 0.471 e. The van der Waals surface area contributed by atoms with E-state index in [1.54, 1.807) is 81.4 Å². The summed E-state index contributed by atoms with van der Waals surface area (Å²) in [5, 5.41) is 29.6. The van der Waals surface area contributed by atoms with E-state index in [0.717, 1.165) is 42.9 Å². The smallest absolute Gasteiger partial charge is 0.319 e.